The zero-order valence-electron chi connectivity index (χ0n) is 5.67. The van der Waals surface area contributed by atoms with E-state index in [1.165, 1.54) is 0 Å². The van der Waals surface area contributed by atoms with Crippen LogP contribution in [0.4, 0.5) is 17.6 Å². The predicted octanol–water partition coefficient (Wildman–Crippen LogP) is 3.34. The quantitative estimate of drug-likeness (QED) is 0.403. The number of rotatable bonds is 1. The lowest BCUT2D eigenvalue weighted by atomic mass is 10.2. The van der Waals surface area contributed by atoms with Gasteiger partial charge in [-0.05, 0) is 22.0 Å². The molecule has 0 fully saturated rings. The van der Waals surface area contributed by atoms with E-state index in [0.29, 0.717) is 6.07 Å². The van der Waals surface area contributed by atoms with Crippen LogP contribution in [0.5, 0.6) is 0 Å². The summed E-state index contributed by atoms with van der Waals surface area (Å²) in [4.78, 5) is 0. The smallest absolute Gasteiger partial charge is 0.175 e. The van der Waals surface area contributed by atoms with E-state index in [2.05, 4.69) is 15.9 Å². The van der Waals surface area contributed by atoms with Gasteiger partial charge in [0.25, 0.3) is 0 Å². The Morgan fingerprint density at radius 3 is 2.25 bits per heavy atom. The van der Waals surface area contributed by atoms with Gasteiger partial charge in [0.05, 0.1) is 4.47 Å². The van der Waals surface area contributed by atoms with Crippen LogP contribution in [0.1, 0.15) is 5.56 Å². The summed E-state index contributed by atoms with van der Waals surface area (Å²) in [5.74, 6) is -3.71. The van der Waals surface area contributed by atoms with Crippen molar-refractivity contribution in [3.8, 4) is 0 Å². The zero-order valence-corrected chi connectivity index (χ0v) is 7.26. The summed E-state index contributed by atoms with van der Waals surface area (Å²) in [5.41, 5.74) is -0.499. The highest BCUT2D eigenvalue weighted by molar-refractivity contribution is 9.10. The Hall–Kier alpha value is -0.580. The van der Waals surface area contributed by atoms with Gasteiger partial charge in [-0.15, -0.1) is 0 Å². The van der Waals surface area contributed by atoms with E-state index in [1.807, 2.05) is 0 Å². The molecule has 0 atom stereocenters. The van der Waals surface area contributed by atoms with E-state index >= 15 is 0 Å². The van der Waals surface area contributed by atoms with E-state index in [9.17, 15) is 17.6 Å². The van der Waals surface area contributed by atoms with Crippen molar-refractivity contribution in [1.82, 2.24) is 0 Å². The first-order chi connectivity index (χ1) is 5.57. The molecule has 0 aliphatic rings. The third-order valence-corrected chi connectivity index (χ3v) is 2.02. The molecule has 0 aliphatic heterocycles. The van der Waals surface area contributed by atoms with E-state index in [0.717, 1.165) is 0 Å². The molecular weight excluding hydrogens is 240 g/mol. The van der Waals surface area contributed by atoms with Gasteiger partial charge in [-0.25, -0.2) is 17.6 Å². The lowest BCUT2D eigenvalue weighted by Gasteiger charge is -2.02. The van der Waals surface area contributed by atoms with Crippen molar-refractivity contribution >= 4 is 15.9 Å². The molecule has 0 spiro atoms. The molecule has 0 amide bonds. The van der Waals surface area contributed by atoms with E-state index in [-0.39, 0.29) is 0 Å². The monoisotopic (exact) mass is 242 g/mol. The molecule has 0 heterocycles. The number of hydrogen-bond donors (Lipinski definition) is 0. The highest BCUT2D eigenvalue weighted by Crippen LogP contribution is 2.25. The van der Waals surface area contributed by atoms with Crippen molar-refractivity contribution in [3.63, 3.8) is 0 Å². The topological polar surface area (TPSA) is 0 Å². The molecule has 0 N–H and O–H groups in total. The fraction of sp³-hybridized carbons (Fsp3) is 0.143. The second-order valence-electron chi connectivity index (χ2n) is 2.09. The Morgan fingerprint density at radius 2 is 1.75 bits per heavy atom. The average molecular weight is 243 g/mol. The molecule has 1 aromatic rings. The minimum absolute atomic E-state index is 0.495. The predicted molar refractivity (Wildman–Crippen MR) is 38.8 cm³/mol. The van der Waals surface area contributed by atoms with Gasteiger partial charge >= 0.3 is 0 Å². The first kappa shape index (κ1) is 9.51. The molecule has 0 nitrogen and oxygen atoms in total. The third kappa shape index (κ3) is 1.46. The van der Waals surface area contributed by atoms with Crippen LogP contribution >= 0.6 is 15.9 Å². The molecule has 0 unspecified atom stereocenters. The minimum Gasteiger partial charge on any atom is -0.246 e. The van der Waals surface area contributed by atoms with Gasteiger partial charge in [0.2, 0.25) is 0 Å². The van der Waals surface area contributed by atoms with Crippen LogP contribution in [0.2, 0.25) is 0 Å². The fourth-order valence-electron chi connectivity index (χ4n) is 0.719. The van der Waals surface area contributed by atoms with Crippen molar-refractivity contribution in [3.05, 3.63) is 33.6 Å². The van der Waals surface area contributed by atoms with Crippen molar-refractivity contribution in [2.75, 3.05) is 0 Å². The first-order valence-electron chi connectivity index (χ1n) is 2.95. The zero-order chi connectivity index (χ0) is 9.30. The van der Waals surface area contributed by atoms with Crippen LogP contribution in [-0.4, -0.2) is 0 Å². The van der Waals surface area contributed by atoms with Gasteiger partial charge in [-0.1, -0.05) is 0 Å². The maximum Gasteiger partial charge on any atom is 0.175 e. The van der Waals surface area contributed by atoms with E-state index in [4.69, 9.17) is 0 Å². The average Bonchev–Trinajstić information content (AvgIpc) is 2.08. The van der Waals surface area contributed by atoms with Crippen LogP contribution in [0.3, 0.4) is 0 Å². The largest absolute Gasteiger partial charge is 0.246 e. The van der Waals surface area contributed by atoms with Gasteiger partial charge in [-0.2, -0.15) is 0 Å². The Kier molecular flexibility index (Phi) is 2.72. The molecular formula is C7H3BrF4. The summed E-state index contributed by atoms with van der Waals surface area (Å²) in [6.45, 7) is -1.17. The first-order valence-corrected chi connectivity index (χ1v) is 3.75. The van der Waals surface area contributed by atoms with Gasteiger partial charge < -0.3 is 0 Å². The Bertz CT molecular complexity index is 311. The molecule has 66 valence electrons. The van der Waals surface area contributed by atoms with E-state index < -0.39 is 34.2 Å². The van der Waals surface area contributed by atoms with Crippen LogP contribution in [-0.2, 0) is 6.67 Å². The third-order valence-electron chi connectivity index (χ3n) is 1.32. The molecule has 1 rings (SSSR count). The molecule has 0 saturated heterocycles. The summed E-state index contributed by atoms with van der Waals surface area (Å²) < 4.78 is 49.0. The Balaban J connectivity index is 3.39. The van der Waals surface area contributed by atoms with Crippen molar-refractivity contribution < 1.29 is 17.6 Å². The molecule has 1 aromatic carbocycles. The van der Waals surface area contributed by atoms with E-state index in [1.54, 1.807) is 0 Å². The summed E-state index contributed by atoms with van der Waals surface area (Å²) in [7, 11) is 0. The number of hydrogen-bond acceptors (Lipinski definition) is 0. The highest BCUT2D eigenvalue weighted by Gasteiger charge is 2.15. The fourth-order valence-corrected chi connectivity index (χ4v) is 1.16. The maximum absolute atomic E-state index is 12.7. The molecule has 0 aromatic heterocycles. The Labute approximate surface area is 74.3 Å². The highest BCUT2D eigenvalue weighted by atomic mass is 79.9. The van der Waals surface area contributed by atoms with Crippen molar-refractivity contribution in [1.29, 1.82) is 0 Å². The molecule has 0 radical (unpaired) electrons. The van der Waals surface area contributed by atoms with Crippen LogP contribution < -0.4 is 0 Å². The van der Waals surface area contributed by atoms with Gasteiger partial charge in [0.15, 0.2) is 11.6 Å². The lowest BCUT2D eigenvalue weighted by Crippen LogP contribution is -1.95. The van der Waals surface area contributed by atoms with Gasteiger partial charge in [0.1, 0.15) is 12.5 Å². The molecule has 12 heavy (non-hydrogen) atoms. The number of benzene rings is 1. The SMILES string of the molecule is FCc1cc(F)c(F)c(Br)c1F. The number of halogens is 5. The molecule has 0 saturated carbocycles. The molecule has 5 heteroatoms. The summed E-state index contributed by atoms with van der Waals surface area (Å²) in [5, 5.41) is 0. The lowest BCUT2D eigenvalue weighted by molar-refractivity contribution is 0.441. The standard InChI is InChI=1S/C7H3BrF4/c8-5-6(11)3(2-9)1-4(10)7(5)12/h1H,2H2. The summed E-state index contributed by atoms with van der Waals surface area (Å²) in [6, 6.07) is 0.495. The molecule has 0 aliphatic carbocycles. The van der Waals surface area contributed by atoms with Crippen molar-refractivity contribution in [2.45, 2.75) is 6.67 Å². The second kappa shape index (κ2) is 3.43. The van der Waals surface area contributed by atoms with Crippen LogP contribution in [0.25, 0.3) is 0 Å². The van der Waals surface area contributed by atoms with Crippen LogP contribution in [0, 0.1) is 17.5 Å². The van der Waals surface area contributed by atoms with Crippen LogP contribution in [0.15, 0.2) is 10.5 Å². The second-order valence-corrected chi connectivity index (χ2v) is 2.89. The van der Waals surface area contributed by atoms with Crippen molar-refractivity contribution in [2.24, 2.45) is 0 Å². The number of alkyl halides is 1. The normalized spacial score (nSPS) is 10.4. The molecule has 0 bridgehead atoms. The minimum atomic E-state index is -1.34. The van der Waals surface area contributed by atoms with Gasteiger partial charge in [-0.3, -0.25) is 0 Å². The summed E-state index contributed by atoms with van der Waals surface area (Å²) in [6.07, 6.45) is 0. The van der Waals surface area contributed by atoms with Gasteiger partial charge in [0, 0.05) is 5.56 Å². The summed E-state index contributed by atoms with van der Waals surface area (Å²) >= 11 is 2.46. The maximum atomic E-state index is 12.7. The Morgan fingerprint density at radius 1 is 1.17 bits per heavy atom.